The maximum atomic E-state index is 5.96. The van der Waals surface area contributed by atoms with Crippen LogP contribution in [-0.4, -0.2) is 23.7 Å². The van der Waals surface area contributed by atoms with E-state index in [9.17, 15) is 0 Å². The highest BCUT2D eigenvalue weighted by Gasteiger charge is 2.12. The molecule has 28 heavy (non-hydrogen) atoms. The molecule has 7 heteroatoms. The van der Waals surface area contributed by atoms with Crippen LogP contribution in [0.5, 0.6) is 5.75 Å². The quantitative estimate of drug-likeness (QED) is 0.513. The smallest absolute Gasteiger partial charge is 0.222 e. The predicted molar refractivity (Wildman–Crippen MR) is 116 cm³/mol. The maximum Gasteiger partial charge on any atom is 0.222 e. The van der Waals surface area contributed by atoms with Crippen molar-refractivity contribution in [2.24, 2.45) is 0 Å². The minimum Gasteiger partial charge on any atom is -0.493 e. The first-order valence-corrected chi connectivity index (χ1v) is 9.76. The number of benzene rings is 2. The zero-order chi connectivity index (χ0) is 20.1. The van der Waals surface area contributed by atoms with Crippen molar-refractivity contribution in [1.82, 2.24) is 9.97 Å². The van der Waals surface area contributed by atoms with E-state index in [1.54, 1.807) is 7.11 Å². The van der Waals surface area contributed by atoms with Gasteiger partial charge in [0, 0.05) is 28.9 Å². The lowest BCUT2D eigenvalue weighted by Gasteiger charge is -2.13. The van der Waals surface area contributed by atoms with Crippen LogP contribution >= 0.6 is 15.9 Å². The van der Waals surface area contributed by atoms with Gasteiger partial charge in [0.1, 0.15) is 11.6 Å². The molecule has 0 saturated carbocycles. The summed E-state index contributed by atoms with van der Waals surface area (Å²) in [6, 6.07) is 15.6. The highest BCUT2D eigenvalue weighted by molar-refractivity contribution is 9.10. The number of nitrogens with one attached hydrogen (secondary N) is 1. The molecular weight excluding hydrogens is 420 g/mol. The first-order valence-electron chi connectivity index (χ1n) is 8.97. The fourth-order valence-corrected chi connectivity index (χ4v) is 3.13. The zero-order valence-corrected chi connectivity index (χ0v) is 17.7. The Morgan fingerprint density at radius 2 is 1.86 bits per heavy atom. The number of methoxy groups -OCH3 is 1. The summed E-state index contributed by atoms with van der Waals surface area (Å²) in [5.41, 5.74) is 9.49. The molecule has 0 saturated heterocycles. The molecule has 1 heterocycles. The van der Waals surface area contributed by atoms with Crippen LogP contribution in [0.3, 0.4) is 0 Å². The fourth-order valence-electron chi connectivity index (χ4n) is 2.77. The van der Waals surface area contributed by atoms with E-state index in [0.29, 0.717) is 18.1 Å². The first kappa shape index (κ1) is 20.1. The molecule has 1 atom stereocenters. The second-order valence-electron chi connectivity index (χ2n) is 6.20. The second kappa shape index (κ2) is 9.03. The number of rotatable bonds is 7. The molecule has 0 aliphatic carbocycles. The number of nitrogens with zero attached hydrogens (tertiary/aromatic N) is 2. The average Bonchev–Trinajstić information content (AvgIpc) is 2.69. The highest BCUT2D eigenvalue weighted by atomic mass is 79.9. The van der Waals surface area contributed by atoms with Crippen molar-refractivity contribution >= 4 is 33.4 Å². The molecule has 0 spiro atoms. The van der Waals surface area contributed by atoms with Gasteiger partial charge in [0.05, 0.1) is 18.4 Å². The van der Waals surface area contributed by atoms with Crippen LogP contribution in [0.15, 0.2) is 53.0 Å². The van der Waals surface area contributed by atoms with E-state index in [0.717, 1.165) is 27.0 Å². The number of anilines is 3. The average molecular weight is 443 g/mol. The number of hydrogen-bond acceptors (Lipinski definition) is 6. The lowest BCUT2D eigenvalue weighted by Crippen LogP contribution is -2.03. The molecule has 2 aromatic carbocycles. The Bertz CT molecular complexity index is 948. The van der Waals surface area contributed by atoms with Gasteiger partial charge >= 0.3 is 0 Å². The Morgan fingerprint density at radius 1 is 1.11 bits per heavy atom. The van der Waals surface area contributed by atoms with Crippen LogP contribution < -0.4 is 15.8 Å². The van der Waals surface area contributed by atoms with E-state index >= 15 is 0 Å². The topological polar surface area (TPSA) is 82.3 Å². The van der Waals surface area contributed by atoms with Crippen molar-refractivity contribution in [3.63, 3.8) is 0 Å². The molecule has 0 aliphatic heterocycles. The van der Waals surface area contributed by atoms with Crippen LogP contribution in [0, 0.1) is 0 Å². The Morgan fingerprint density at radius 3 is 2.54 bits per heavy atom. The van der Waals surface area contributed by atoms with Crippen molar-refractivity contribution in [2.75, 3.05) is 24.8 Å². The molecule has 6 nitrogen and oxygen atoms in total. The zero-order valence-electron chi connectivity index (χ0n) is 16.1. The van der Waals surface area contributed by atoms with E-state index in [1.807, 2.05) is 62.4 Å². The number of halogens is 1. The molecule has 0 aliphatic rings. The Hall–Kier alpha value is -2.64. The van der Waals surface area contributed by atoms with Gasteiger partial charge in [-0.05, 0) is 49.7 Å². The monoisotopic (exact) mass is 442 g/mol. The van der Waals surface area contributed by atoms with Crippen LogP contribution in [0.25, 0.3) is 11.3 Å². The Labute approximate surface area is 173 Å². The predicted octanol–water partition coefficient (Wildman–Crippen LogP) is 5.34. The van der Waals surface area contributed by atoms with Gasteiger partial charge < -0.3 is 20.5 Å². The van der Waals surface area contributed by atoms with Gasteiger partial charge in [0.25, 0.3) is 0 Å². The summed E-state index contributed by atoms with van der Waals surface area (Å²) in [7, 11) is 1.69. The van der Waals surface area contributed by atoms with E-state index in [4.69, 9.17) is 15.2 Å². The molecule has 0 fully saturated rings. The van der Waals surface area contributed by atoms with E-state index in [1.165, 1.54) is 0 Å². The largest absolute Gasteiger partial charge is 0.493 e. The molecule has 0 amide bonds. The highest BCUT2D eigenvalue weighted by Crippen LogP contribution is 2.33. The number of aromatic nitrogens is 2. The van der Waals surface area contributed by atoms with Crippen LogP contribution in [0.1, 0.15) is 25.5 Å². The summed E-state index contributed by atoms with van der Waals surface area (Å²) in [5, 5.41) is 3.28. The van der Waals surface area contributed by atoms with Crippen molar-refractivity contribution < 1.29 is 9.47 Å². The summed E-state index contributed by atoms with van der Waals surface area (Å²) in [6.45, 7) is 4.52. The second-order valence-corrected chi connectivity index (χ2v) is 7.11. The fraction of sp³-hybridized carbons (Fsp3) is 0.238. The summed E-state index contributed by atoms with van der Waals surface area (Å²) < 4.78 is 12.0. The summed E-state index contributed by atoms with van der Waals surface area (Å²) in [6.07, 6.45) is 0.0452. The first-order chi connectivity index (χ1) is 13.5. The molecule has 0 bridgehead atoms. The van der Waals surface area contributed by atoms with E-state index in [2.05, 4.69) is 31.2 Å². The molecule has 3 aromatic rings. The van der Waals surface area contributed by atoms with Crippen LogP contribution in [0.2, 0.25) is 0 Å². The lowest BCUT2D eigenvalue weighted by atomic mass is 10.1. The van der Waals surface area contributed by atoms with Crippen LogP contribution in [-0.2, 0) is 4.74 Å². The molecule has 3 N–H and O–H groups in total. The molecule has 146 valence electrons. The maximum absolute atomic E-state index is 5.96. The van der Waals surface area contributed by atoms with Gasteiger partial charge in [-0.15, -0.1) is 0 Å². The summed E-state index contributed by atoms with van der Waals surface area (Å²) >= 11 is 3.50. The van der Waals surface area contributed by atoms with Gasteiger partial charge in [0.2, 0.25) is 5.95 Å². The third-order valence-electron chi connectivity index (χ3n) is 4.27. The molecule has 0 radical (unpaired) electrons. The molecule has 1 aromatic heterocycles. The third kappa shape index (κ3) is 4.79. The number of nitrogens with two attached hydrogens (primary N) is 1. The van der Waals surface area contributed by atoms with Gasteiger partial charge in [-0.2, -0.15) is 4.98 Å². The molecular formula is C21H23BrN4O2. The SMILES string of the molecule is CCOc1ccc(Br)cc1-c1cc(Nc2ccc(C(C)OC)cc2)nc(N)n1. The molecule has 3 rings (SSSR count). The van der Waals surface area contributed by atoms with Crippen molar-refractivity contribution in [3.8, 4) is 17.0 Å². The number of nitrogen functional groups attached to an aromatic ring is 1. The van der Waals surface area contributed by atoms with Gasteiger partial charge in [-0.25, -0.2) is 4.98 Å². The summed E-state index contributed by atoms with van der Waals surface area (Å²) in [5.74, 6) is 1.54. The Balaban J connectivity index is 1.91. The van der Waals surface area contributed by atoms with Crippen molar-refractivity contribution in [1.29, 1.82) is 0 Å². The normalized spacial score (nSPS) is 11.9. The van der Waals surface area contributed by atoms with Gasteiger partial charge in [0.15, 0.2) is 0 Å². The minimum absolute atomic E-state index is 0.0452. The third-order valence-corrected chi connectivity index (χ3v) is 4.76. The van der Waals surface area contributed by atoms with E-state index in [-0.39, 0.29) is 12.1 Å². The van der Waals surface area contributed by atoms with Crippen molar-refractivity contribution in [3.05, 3.63) is 58.6 Å². The van der Waals surface area contributed by atoms with Crippen LogP contribution in [0.4, 0.5) is 17.5 Å². The lowest BCUT2D eigenvalue weighted by molar-refractivity contribution is 0.119. The summed E-state index contributed by atoms with van der Waals surface area (Å²) in [4.78, 5) is 8.69. The molecule has 1 unspecified atom stereocenters. The minimum atomic E-state index is 0.0452. The Kier molecular flexibility index (Phi) is 6.49. The number of hydrogen-bond donors (Lipinski definition) is 2. The van der Waals surface area contributed by atoms with E-state index < -0.39 is 0 Å². The number of ether oxygens (including phenoxy) is 2. The van der Waals surface area contributed by atoms with Crippen molar-refractivity contribution in [2.45, 2.75) is 20.0 Å². The van der Waals surface area contributed by atoms with Gasteiger partial charge in [-0.1, -0.05) is 28.1 Å². The standard InChI is InChI=1S/C21H23BrN4O2/c1-4-28-19-10-7-15(22)11-17(19)18-12-20(26-21(23)25-18)24-16-8-5-14(6-9-16)13(2)27-3/h5-13H,4H2,1-3H3,(H3,23,24,25,26). The van der Waals surface area contributed by atoms with Gasteiger partial charge in [-0.3, -0.25) is 0 Å².